The summed E-state index contributed by atoms with van der Waals surface area (Å²) in [7, 11) is 0. The molecule has 0 unspecified atom stereocenters. The van der Waals surface area contributed by atoms with Crippen LogP contribution in [0.1, 0.15) is 21.5 Å². The van der Waals surface area contributed by atoms with Gasteiger partial charge in [-0.2, -0.15) is 0 Å². The van der Waals surface area contributed by atoms with E-state index in [9.17, 15) is 14.4 Å². The maximum Gasteiger partial charge on any atom is 0.412 e. The van der Waals surface area contributed by atoms with Crippen molar-refractivity contribution in [2.45, 2.75) is 12.8 Å². The molecular weight excluding hydrogens is 312 g/mol. The van der Waals surface area contributed by atoms with E-state index in [1.165, 1.54) is 0 Å². The minimum atomic E-state index is -1.44. The summed E-state index contributed by atoms with van der Waals surface area (Å²) in [6, 6.07) is 11.2. The lowest BCUT2D eigenvalue weighted by Crippen LogP contribution is -2.33. The van der Waals surface area contributed by atoms with E-state index in [-0.39, 0.29) is 0 Å². The van der Waals surface area contributed by atoms with Gasteiger partial charge < -0.3 is 15.2 Å². The van der Waals surface area contributed by atoms with Crippen molar-refractivity contribution in [3.05, 3.63) is 59.2 Å². The molecule has 2 aromatic rings. The number of amides is 3. The third-order valence-electron chi connectivity index (χ3n) is 3.64. The number of carbonyl (C=O) groups excluding carboxylic acids is 2. The highest BCUT2D eigenvalue weighted by atomic mass is 16.5. The van der Waals surface area contributed by atoms with Crippen LogP contribution < -0.4 is 15.4 Å². The third-order valence-corrected chi connectivity index (χ3v) is 3.64. The fraction of sp³-hybridized carbons (Fsp3) is 0.118. The van der Waals surface area contributed by atoms with Crippen LogP contribution in [0.25, 0.3) is 0 Å². The monoisotopic (exact) mass is 326 g/mol. The van der Waals surface area contributed by atoms with Crippen molar-refractivity contribution < 1.29 is 24.2 Å². The first-order valence-electron chi connectivity index (χ1n) is 7.27. The van der Waals surface area contributed by atoms with E-state index in [4.69, 9.17) is 9.84 Å². The molecule has 3 N–H and O–H groups in total. The Kier molecular flexibility index (Phi) is 4.15. The number of carbonyl (C=O) groups is 3. The summed E-state index contributed by atoms with van der Waals surface area (Å²) in [5, 5.41) is 12.6. The van der Waals surface area contributed by atoms with Crippen LogP contribution in [0, 0.1) is 0 Å². The number of nitrogens with one attached hydrogen (secondary N) is 2. The molecule has 3 rings (SSSR count). The van der Waals surface area contributed by atoms with Crippen LogP contribution in [0.2, 0.25) is 0 Å². The van der Waals surface area contributed by atoms with Gasteiger partial charge in [0.1, 0.15) is 5.75 Å². The number of esters is 1. The second kappa shape index (κ2) is 6.41. The quantitative estimate of drug-likeness (QED) is 0.552. The first-order chi connectivity index (χ1) is 11.5. The average molecular weight is 326 g/mol. The van der Waals surface area contributed by atoms with E-state index in [1.54, 1.807) is 35.6 Å². The zero-order valence-corrected chi connectivity index (χ0v) is 12.5. The molecule has 0 aliphatic carbocycles. The van der Waals surface area contributed by atoms with Gasteiger partial charge in [-0.25, -0.2) is 19.7 Å². The highest BCUT2D eigenvalue weighted by molar-refractivity contribution is 5.98. The molecule has 0 saturated carbocycles. The SMILES string of the molecule is O=C(O)NC(=O)Nc1ccc2c(c1)CCc1ccccc1C(=O)O2. The van der Waals surface area contributed by atoms with Gasteiger partial charge in [-0.15, -0.1) is 0 Å². The molecular formula is C17H14N2O5. The number of benzene rings is 2. The Bertz CT molecular complexity index is 831. The summed E-state index contributed by atoms with van der Waals surface area (Å²) in [5.74, 6) is 0.00887. The number of imide groups is 1. The van der Waals surface area contributed by atoms with E-state index < -0.39 is 18.1 Å². The molecule has 7 heteroatoms. The highest BCUT2D eigenvalue weighted by Crippen LogP contribution is 2.28. The van der Waals surface area contributed by atoms with Gasteiger partial charge in [-0.3, -0.25) is 0 Å². The van der Waals surface area contributed by atoms with Crippen molar-refractivity contribution in [2.75, 3.05) is 5.32 Å². The lowest BCUT2D eigenvalue weighted by Gasteiger charge is -2.17. The van der Waals surface area contributed by atoms with E-state index in [0.29, 0.717) is 29.8 Å². The molecule has 0 aromatic heterocycles. The van der Waals surface area contributed by atoms with Crippen LogP contribution in [-0.4, -0.2) is 23.2 Å². The summed E-state index contributed by atoms with van der Waals surface area (Å²) in [6.07, 6.45) is -0.164. The van der Waals surface area contributed by atoms with Gasteiger partial charge in [-0.1, -0.05) is 18.2 Å². The molecule has 0 radical (unpaired) electrons. The summed E-state index contributed by atoms with van der Waals surface area (Å²) in [5.41, 5.74) is 2.62. The van der Waals surface area contributed by atoms with Crippen molar-refractivity contribution in [3.8, 4) is 5.75 Å². The molecule has 1 heterocycles. The summed E-state index contributed by atoms with van der Waals surface area (Å²) in [4.78, 5) is 34.1. The van der Waals surface area contributed by atoms with Crippen molar-refractivity contribution in [1.29, 1.82) is 0 Å². The zero-order valence-electron chi connectivity index (χ0n) is 12.5. The van der Waals surface area contributed by atoms with Gasteiger partial charge in [0.05, 0.1) is 5.56 Å². The molecule has 0 atom stereocenters. The Morgan fingerprint density at radius 1 is 1.04 bits per heavy atom. The molecule has 0 spiro atoms. The fourth-order valence-corrected chi connectivity index (χ4v) is 2.57. The minimum Gasteiger partial charge on any atom is -0.465 e. The predicted molar refractivity (Wildman–Crippen MR) is 85.4 cm³/mol. The molecule has 2 aromatic carbocycles. The molecule has 1 aliphatic rings. The first kappa shape index (κ1) is 15.5. The van der Waals surface area contributed by atoms with Crippen LogP contribution in [0.5, 0.6) is 5.75 Å². The Labute approximate surface area is 137 Å². The molecule has 122 valence electrons. The van der Waals surface area contributed by atoms with Gasteiger partial charge in [0, 0.05) is 5.69 Å². The van der Waals surface area contributed by atoms with Crippen molar-refractivity contribution >= 4 is 23.8 Å². The summed E-state index contributed by atoms with van der Waals surface area (Å²) in [6.45, 7) is 0. The molecule has 0 bridgehead atoms. The zero-order chi connectivity index (χ0) is 17.1. The number of carboxylic acid groups (broad SMARTS) is 1. The minimum absolute atomic E-state index is 0.414. The van der Waals surface area contributed by atoms with Gasteiger partial charge in [0.2, 0.25) is 0 Å². The molecule has 0 saturated heterocycles. The third kappa shape index (κ3) is 3.35. The molecule has 7 nitrogen and oxygen atoms in total. The lowest BCUT2D eigenvalue weighted by atomic mass is 9.97. The number of ether oxygens (including phenoxy) is 1. The Morgan fingerprint density at radius 2 is 1.79 bits per heavy atom. The van der Waals surface area contributed by atoms with Crippen LogP contribution in [-0.2, 0) is 12.8 Å². The topological polar surface area (TPSA) is 105 Å². The maximum atomic E-state index is 12.2. The lowest BCUT2D eigenvalue weighted by molar-refractivity contribution is 0.0730. The molecule has 0 fully saturated rings. The van der Waals surface area contributed by atoms with Gasteiger partial charge >= 0.3 is 18.1 Å². The predicted octanol–water partition coefficient (Wildman–Crippen LogP) is 2.80. The summed E-state index contributed by atoms with van der Waals surface area (Å²) >= 11 is 0. The fourth-order valence-electron chi connectivity index (χ4n) is 2.57. The number of urea groups is 1. The maximum absolute atomic E-state index is 12.2. The van der Waals surface area contributed by atoms with Crippen molar-refractivity contribution in [1.82, 2.24) is 5.32 Å². The normalized spacial score (nSPS) is 12.8. The smallest absolute Gasteiger partial charge is 0.412 e. The Balaban J connectivity index is 1.84. The van der Waals surface area contributed by atoms with Crippen molar-refractivity contribution in [3.63, 3.8) is 0 Å². The Hall–Kier alpha value is -3.35. The van der Waals surface area contributed by atoms with Crippen LogP contribution >= 0.6 is 0 Å². The van der Waals surface area contributed by atoms with E-state index in [2.05, 4.69) is 5.32 Å². The number of hydrogen-bond acceptors (Lipinski definition) is 4. The second-order valence-electron chi connectivity index (χ2n) is 5.25. The Morgan fingerprint density at radius 3 is 2.58 bits per heavy atom. The van der Waals surface area contributed by atoms with Gasteiger partial charge in [0.25, 0.3) is 0 Å². The molecule has 24 heavy (non-hydrogen) atoms. The van der Waals surface area contributed by atoms with Gasteiger partial charge in [-0.05, 0) is 48.2 Å². The van der Waals surface area contributed by atoms with Crippen molar-refractivity contribution in [2.24, 2.45) is 0 Å². The number of fused-ring (bicyclic) bond motifs is 2. The highest BCUT2D eigenvalue weighted by Gasteiger charge is 2.19. The number of anilines is 1. The number of aryl methyl sites for hydroxylation is 2. The second-order valence-corrected chi connectivity index (χ2v) is 5.25. The number of hydrogen-bond donors (Lipinski definition) is 3. The van der Waals surface area contributed by atoms with Crippen LogP contribution in [0.15, 0.2) is 42.5 Å². The van der Waals surface area contributed by atoms with Crippen LogP contribution in [0.3, 0.4) is 0 Å². The van der Waals surface area contributed by atoms with E-state index in [0.717, 1.165) is 11.1 Å². The van der Waals surface area contributed by atoms with E-state index in [1.807, 2.05) is 12.1 Å². The molecule has 3 amide bonds. The van der Waals surface area contributed by atoms with Crippen LogP contribution in [0.4, 0.5) is 15.3 Å². The molecule has 1 aliphatic heterocycles. The average Bonchev–Trinajstić information content (AvgIpc) is 2.52. The summed E-state index contributed by atoms with van der Waals surface area (Å²) < 4.78 is 5.43. The first-order valence-corrected chi connectivity index (χ1v) is 7.27. The largest absolute Gasteiger partial charge is 0.465 e. The number of rotatable bonds is 1. The van der Waals surface area contributed by atoms with E-state index >= 15 is 0 Å². The van der Waals surface area contributed by atoms with Gasteiger partial charge in [0.15, 0.2) is 0 Å². The standard InChI is InChI=1S/C17H14N2O5/c20-15-13-4-2-1-3-10(13)5-6-11-9-12(7-8-14(11)24-15)18-16(21)19-17(22)23/h1-4,7-9H,5-6H2,(H,22,23)(H2,18,19,21).